The molecule has 3 atom stereocenters. The monoisotopic (exact) mass is 319 g/mol. The van der Waals surface area contributed by atoms with E-state index in [-0.39, 0.29) is 23.9 Å². The summed E-state index contributed by atoms with van der Waals surface area (Å²) < 4.78 is 14.8. The standard InChI is InChI=1S/C18H26FN3O/c1-5-12(2)18(23)11-20-13(3)17-10-21-22(14(17)4)16-8-6-15(19)7-9-16/h6-10,12-13,18,20,23H,5,11H2,1-4H3. The molecule has 2 rings (SSSR count). The normalized spacial score (nSPS) is 15.4. The van der Waals surface area contributed by atoms with Crippen molar-refractivity contribution < 1.29 is 9.50 Å². The molecule has 2 N–H and O–H groups in total. The molecular weight excluding hydrogens is 293 g/mol. The molecule has 0 saturated heterocycles. The lowest BCUT2D eigenvalue weighted by Crippen LogP contribution is -2.33. The molecule has 0 aliphatic rings. The second kappa shape index (κ2) is 7.70. The number of aliphatic hydroxyl groups is 1. The van der Waals surface area contributed by atoms with Gasteiger partial charge in [0.05, 0.1) is 18.0 Å². The van der Waals surface area contributed by atoms with Crippen LogP contribution in [-0.2, 0) is 0 Å². The summed E-state index contributed by atoms with van der Waals surface area (Å²) in [6, 6.07) is 6.37. The third-order valence-electron chi connectivity index (χ3n) is 4.52. The number of halogens is 1. The zero-order valence-corrected chi connectivity index (χ0v) is 14.3. The number of aromatic nitrogens is 2. The zero-order valence-electron chi connectivity index (χ0n) is 14.3. The molecule has 2 aromatic rings. The van der Waals surface area contributed by atoms with E-state index in [1.807, 2.05) is 13.1 Å². The van der Waals surface area contributed by atoms with Gasteiger partial charge in [-0.05, 0) is 44.0 Å². The minimum atomic E-state index is -0.352. The van der Waals surface area contributed by atoms with Crippen molar-refractivity contribution in [2.45, 2.75) is 46.3 Å². The molecule has 0 amide bonds. The largest absolute Gasteiger partial charge is 0.392 e. The van der Waals surface area contributed by atoms with Gasteiger partial charge in [0.15, 0.2) is 0 Å². The summed E-state index contributed by atoms with van der Waals surface area (Å²) in [4.78, 5) is 0. The fraction of sp³-hybridized carbons (Fsp3) is 0.500. The summed E-state index contributed by atoms with van der Waals surface area (Å²) in [5, 5.41) is 17.8. The minimum Gasteiger partial charge on any atom is -0.392 e. The molecule has 5 heteroatoms. The molecule has 0 bridgehead atoms. The first kappa shape index (κ1) is 17.6. The van der Waals surface area contributed by atoms with Gasteiger partial charge in [0.2, 0.25) is 0 Å². The van der Waals surface area contributed by atoms with Gasteiger partial charge in [-0.25, -0.2) is 9.07 Å². The average Bonchev–Trinajstić information content (AvgIpc) is 2.94. The summed E-state index contributed by atoms with van der Waals surface area (Å²) in [5.41, 5.74) is 2.92. The first-order chi connectivity index (χ1) is 10.9. The van der Waals surface area contributed by atoms with Gasteiger partial charge in [0.1, 0.15) is 5.82 Å². The van der Waals surface area contributed by atoms with Crippen molar-refractivity contribution >= 4 is 0 Å². The lowest BCUT2D eigenvalue weighted by molar-refractivity contribution is 0.110. The molecule has 4 nitrogen and oxygen atoms in total. The molecule has 0 aliphatic carbocycles. The average molecular weight is 319 g/mol. The quantitative estimate of drug-likeness (QED) is 0.822. The second-order valence-electron chi connectivity index (χ2n) is 6.16. The fourth-order valence-corrected chi connectivity index (χ4v) is 2.57. The van der Waals surface area contributed by atoms with Gasteiger partial charge in [-0.3, -0.25) is 0 Å². The highest BCUT2D eigenvalue weighted by atomic mass is 19.1. The Kier molecular flexibility index (Phi) is 5.91. The molecule has 0 radical (unpaired) electrons. The predicted molar refractivity (Wildman–Crippen MR) is 90.1 cm³/mol. The Morgan fingerprint density at radius 1 is 1.26 bits per heavy atom. The molecule has 1 aromatic heterocycles. The van der Waals surface area contributed by atoms with Crippen molar-refractivity contribution in [1.82, 2.24) is 15.1 Å². The van der Waals surface area contributed by atoms with Gasteiger partial charge >= 0.3 is 0 Å². The summed E-state index contributed by atoms with van der Waals surface area (Å²) in [6.45, 7) is 8.73. The van der Waals surface area contributed by atoms with Gasteiger partial charge in [0.25, 0.3) is 0 Å². The maximum absolute atomic E-state index is 13.0. The number of hydrogen-bond donors (Lipinski definition) is 2. The lowest BCUT2D eigenvalue weighted by atomic mass is 10.0. The van der Waals surface area contributed by atoms with Crippen LogP contribution in [0.2, 0.25) is 0 Å². The van der Waals surface area contributed by atoms with E-state index in [2.05, 4.69) is 31.2 Å². The maximum Gasteiger partial charge on any atom is 0.123 e. The number of nitrogens with zero attached hydrogens (tertiary/aromatic N) is 2. The van der Waals surface area contributed by atoms with E-state index < -0.39 is 0 Å². The van der Waals surface area contributed by atoms with E-state index >= 15 is 0 Å². The van der Waals surface area contributed by atoms with Crippen LogP contribution in [0, 0.1) is 18.7 Å². The van der Waals surface area contributed by atoms with Crippen molar-refractivity contribution in [2.75, 3.05) is 6.54 Å². The van der Waals surface area contributed by atoms with Crippen molar-refractivity contribution in [1.29, 1.82) is 0 Å². The third kappa shape index (κ3) is 4.18. The van der Waals surface area contributed by atoms with Gasteiger partial charge in [-0.1, -0.05) is 20.3 Å². The van der Waals surface area contributed by atoms with E-state index in [4.69, 9.17) is 0 Å². The van der Waals surface area contributed by atoms with Crippen LogP contribution in [0.15, 0.2) is 30.5 Å². The van der Waals surface area contributed by atoms with Crippen molar-refractivity contribution in [3.8, 4) is 5.69 Å². The SMILES string of the molecule is CCC(C)C(O)CNC(C)c1cnn(-c2ccc(F)cc2)c1C. The third-order valence-corrected chi connectivity index (χ3v) is 4.52. The van der Waals surface area contributed by atoms with Crippen LogP contribution in [0.25, 0.3) is 5.69 Å². The first-order valence-corrected chi connectivity index (χ1v) is 8.16. The van der Waals surface area contributed by atoms with Crippen molar-refractivity contribution in [3.05, 3.63) is 47.5 Å². The molecule has 23 heavy (non-hydrogen) atoms. The summed E-state index contributed by atoms with van der Waals surface area (Å²) >= 11 is 0. The molecular formula is C18H26FN3O. The Morgan fingerprint density at radius 3 is 2.52 bits per heavy atom. The molecule has 3 unspecified atom stereocenters. The van der Waals surface area contributed by atoms with Crippen LogP contribution in [0.4, 0.5) is 4.39 Å². The van der Waals surface area contributed by atoms with Crippen molar-refractivity contribution in [3.63, 3.8) is 0 Å². The number of aliphatic hydroxyl groups excluding tert-OH is 1. The second-order valence-corrected chi connectivity index (χ2v) is 6.16. The number of hydrogen-bond acceptors (Lipinski definition) is 3. The van der Waals surface area contributed by atoms with Crippen LogP contribution in [0.3, 0.4) is 0 Å². The van der Waals surface area contributed by atoms with Crippen LogP contribution in [0.5, 0.6) is 0 Å². The molecule has 0 saturated carbocycles. The Balaban J connectivity index is 2.07. The van der Waals surface area contributed by atoms with E-state index in [0.717, 1.165) is 23.4 Å². The van der Waals surface area contributed by atoms with Gasteiger partial charge in [-0.15, -0.1) is 0 Å². The van der Waals surface area contributed by atoms with E-state index in [1.165, 1.54) is 12.1 Å². The number of rotatable bonds is 7. The van der Waals surface area contributed by atoms with E-state index in [1.54, 1.807) is 16.8 Å². The fourth-order valence-electron chi connectivity index (χ4n) is 2.57. The highest BCUT2D eigenvalue weighted by Crippen LogP contribution is 2.20. The summed E-state index contributed by atoms with van der Waals surface area (Å²) in [6.07, 6.45) is 2.43. The first-order valence-electron chi connectivity index (χ1n) is 8.16. The van der Waals surface area contributed by atoms with Crippen molar-refractivity contribution in [2.24, 2.45) is 5.92 Å². The zero-order chi connectivity index (χ0) is 17.0. The highest BCUT2D eigenvalue weighted by molar-refractivity contribution is 5.35. The summed E-state index contributed by atoms with van der Waals surface area (Å²) in [5.74, 6) is 0.0191. The Hall–Kier alpha value is -1.72. The van der Waals surface area contributed by atoms with Crippen LogP contribution < -0.4 is 5.32 Å². The minimum absolute atomic E-state index is 0.0860. The smallest absolute Gasteiger partial charge is 0.123 e. The Bertz CT molecular complexity index is 624. The molecule has 1 aromatic carbocycles. The number of benzene rings is 1. The van der Waals surface area contributed by atoms with Gasteiger partial charge in [0, 0.05) is 23.8 Å². The molecule has 126 valence electrons. The topological polar surface area (TPSA) is 50.1 Å². The molecule has 0 fully saturated rings. The Labute approximate surface area is 137 Å². The van der Waals surface area contributed by atoms with Crippen LogP contribution in [-0.4, -0.2) is 27.5 Å². The van der Waals surface area contributed by atoms with Gasteiger partial charge < -0.3 is 10.4 Å². The van der Waals surface area contributed by atoms with E-state index in [0.29, 0.717) is 6.54 Å². The predicted octanol–water partition coefficient (Wildman–Crippen LogP) is 3.38. The maximum atomic E-state index is 13.0. The van der Waals surface area contributed by atoms with Crippen LogP contribution >= 0.6 is 0 Å². The molecule has 0 aliphatic heterocycles. The molecule has 1 heterocycles. The number of nitrogens with one attached hydrogen (secondary N) is 1. The van der Waals surface area contributed by atoms with Crippen LogP contribution in [0.1, 0.15) is 44.5 Å². The summed E-state index contributed by atoms with van der Waals surface area (Å²) in [7, 11) is 0. The van der Waals surface area contributed by atoms with E-state index in [9.17, 15) is 9.50 Å². The Morgan fingerprint density at radius 2 is 1.91 bits per heavy atom. The molecule has 0 spiro atoms. The highest BCUT2D eigenvalue weighted by Gasteiger charge is 2.17. The van der Waals surface area contributed by atoms with Gasteiger partial charge in [-0.2, -0.15) is 5.10 Å². The lowest BCUT2D eigenvalue weighted by Gasteiger charge is -2.21.